The van der Waals surface area contributed by atoms with Gasteiger partial charge < -0.3 is 0 Å². The predicted octanol–water partition coefficient (Wildman–Crippen LogP) is 9.63. The van der Waals surface area contributed by atoms with Crippen LogP contribution >= 0.6 is 0 Å². The van der Waals surface area contributed by atoms with E-state index in [1.807, 2.05) is 18.2 Å². The molecule has 1 aliphatic rings. The van der Waals surface area contributed by atoms with Crippen molar-refractivity contribution in [3.05, 3.63) is 82.2 Å². The maximum Gasteiger partial charge on any atom is 0.146 e. The van der Waals surface area contributed by atoms with E-state index in [0.717, 1.165) is 35.8 Å². The third-order valence-corrected chi connectivity index (χ3v) is 8.04. The third kappa shape index (κ3) is 7.20. The normalized spacial score (nSPS) is 17.1. The van der Waals surface area contributed by atoms with Crippen LogP contribution in [0, 0.1) is 52.5 Å². The zero-order valence-electron chi connectivity index (χ0n) is 22.3. The van der Waals surface area contributed by atoms with Gasteiger partial charge in [0.25, 0.3) is 0 Å². The molecular weight excluding hydrogens is 479 g/mol. The van der Waals surface area contributed by atoms with Crippen LogP contribution in [0.25, 0.3) is 10.8 Å². The molecule has 0 aromatic heterocycles. The molecule has 3 aromatic carbocycles. The van der Waals surface area contributed by atoms with Gasteiger partial charge in [0, 0.05) is 10.9 Å². The van der Waals surface area contributed by atoms with Gasteiger partial charge in [-0.2, -0.15) is 5.26 Å². The highest BCUT2D eigenvalue weighted by atomic mass is 19.1. The van der Waals surface area contributed by atoms with E-state index >= 15 is 4.39 Å². The second kappa shape index (κ2) is 13.5. The number of nitrogens with zero attached hydrogens (tertiary/aromatic N) is 1. The van der Waals surface area contributed by atoms with Crippen LogP contribution in [0.2, 0.25) is 0 Å². The quantitative estimate of drug-likeness (QED) is 0.206. The van der Waals surface area contributed by atoms with Gasteiger partial charge in [-0.05, 0) is 53.8 Å². The van der Waals surface area contributed by atoms with E-state index in [1.54, 1.807) is 6.07 Å². The molecule has 1 aliphatic carbocycles. The lowest BCUT2D eigenvalue weighted by atomic mass is 9.77. The number of benzene rings is 3. The van der Waals surface area contributed by atoms with E-state index in [0.29, 0.717) is 5.39 Å². The lowest BCUT2D eigenvalue weighted by molar-refractivity contribution is 0.249. The van der Waals surface area contributed by atoms with E-state index in [4.69, 9.17) is 5.26 Å². The van der Waals surface area contributed by atoms with Crippen molar-refractivity contribution in [3.63, 3.8) is 0 Å². The molecule has 0 atom stereocenters. The Kier molecular flexibility index (Phi) is 9.89. The van der Waals surface area contributed by atoms with Crippen molar-refractivity contribution >= 4 is 10.8 Å². The minimum Gasteiger partial charge on any atom is -0.205 e. The molecule has 4 heteroatoms. The summed E-state index contributed by atoms with van der Waals surface area (Å²) in [6.45, 7) is 2.26. The maximum absolute atomic E-state index is 15.2. The number of rotatable bonds is 9. The average molecular weight is 516 g/mol. The van der Waals surface area contributed by atoms with Crippen molar-refractivity contribution in [3.8, 4) is 17.9 Å². The van der Waals surface area contributed by atoms with Crippen molar-refractivity contribution in [2.24, 2.45) is 11.8 Å². The summed E-state index contributed by atoms with van der Waals surface area (Å²) in [6.07, 6.45) is 15.8. The molecule has 0 amide bonds. The van der Waals surface area contributed by atoms with Crippen LogP contribution in [0.5, 0.6) is 0 Å². The number of aryl methyl sites for hydroxylation is 1. The molecule has 0 aliphatic heterocycles. The lowest BCUT2D eigenvalue weighted by Gasteiger charge is -2.28. The standard InChI is InChI=1S/C34H36F3N/c1-2-3-4-5-6-7-24-8-10-25(11-9-24)12-13-26-15-19-30-29(20-26)18-17-28(34(30)37)16-14-27-21-32(35)31(23-38)33(36)22-27/h15,17-22,24-25H,2-13H2,1H3. The van der Waals surface area contributed by atoms with Crippen molar-refractivity contribution in [2.75, 3.05) is 0 Å². The smallest absolute Gasteiger partial charge is 0.146 e. The van der Waals surface area contributed by atoms with Crippen LogP contribution in [0.1, 0.15) is 99.8 Å². The predicted molar refractivity (Wildman–Crippen MR) is 148 cm³/mol. The largest absolute Gasteiger partial charge is 0.205 e. The van der Waals surface area contributed by atoms with Gasteiger partial charge >= 0.3 is 0 Å². The average Bonchev–Trinajstić information content (AvgIpc) is 2.92. The van der Waals surface area contributed by atoms with Gasteiger partial charge in [0.2, 0.25) is 0 Å². The number of unbranched alkanes of at least 4 members (excludes halogenated alkanes) is 4. The lowest BCUT2D eigenvalue weighted by Crippen LogP contribution is -2.15. The Morgan fingerprint density at radius 1 is 0.789 bits per heavy atom. The molecule has 38 heavy (non-hydrogen) atoms. The molecule has 0 bridgehead atoms. The summed E-state index contributed by atoms with van der Waals surface area (Å²) < 4.78 is 42.8. The number of hydrogen-bond donors (Lipinski definition) is 0. The first-order valence-electron chi connectivity index (χ1n) is 14.1. The highest BCUT2D eigenvalue weighted by Crippen LogP contribution is 2.34. The first-order chi connectivity index (χ1) is 18.5. The van der Waals surface area contributed by atoms with Crippen LogP contribution < -0.4 is 0 Å². The molecule has 0 N–H and O–H groups in total. The van der Waals surface area contributed by atoms with Gasteiger partial charge in [-0.1, -0.05) is 107 Å². The SMILES string of the molecule is CCCCCCCC1CCC(CCc2ccc3c(F)c(C#Cc4cc(F)c(C#N)c(F)c4)ccc3c2)CC1. The Morgan fingerprint density at radius 3 is 2.16 bits per heavy atom. The third-order valence-electron chi connectivity index (χ3n) is 8.04. The molecule has 1 fully saturated rings. The zero-order valence-corrected chi connectivity index (χ0v) is 22.3. The molecule has 0 radical (unpaired) electrons. The van der Waals surface area contributed by atoms with Crippen LogP contribution in [0.15, 0.2) is 42.5 Å². The Bertz CT molecular complexity index is 1330. The van der Waals surface area contributed by atoms with Crippen molar-refractivity contribution in [1.82, 2.24) is 0 Å². The fourth-order valence-electron chi connectivity index (χ4n) is 5.70. The molecule has 198 valence electrons. The summed E-state index contributed by atoms with van der Waals surface area (Å²) in [5, 5.41) is 10.1. The molecule has 0 unspecified atom stereocenters. The van der Waals surface area contributed by atoms with Gasteiger partial charge in [-0.25, -0.2) is 13.2 Å². The number of nitriles is 1. The Labute approximate surface area is 225 Å². The summed E-state index contributed by atoms with van der Waals surface area (Å²) in [5.41, 5.74) is 0.786. The van der Waals surface area contributed by atoms with Crippen LogP contribution in [-0.4, -0.2) is 0 Å². The second-order valence-corrected chi connectivity index (χ2v) is 10.8. The topological polar surface area (TPSA) is 23.8 Å². The molecule has 0 heterocycles. The van der Waals surface area contributed by atoms with Gasteiger partial charge in [-0.3, -0.25) is 0 Å². The van der Waals surface area contributed by atoms with E-state index in [1.165, 1.54) is 82.3 Å². The van der Waals surface area contributed by atoms with Crippen LogP contribution in [0.3, 0.4) is 0 Å². The highest BCUT2D eigenvalue weighted by molar-refractivity contribution is 5.85. The minimum absolute atomic E-state index is 0.0508. The van der Waals surface area contributed by atoms with Crippen molar-refractivity contribution in [2.45, 2.75) is 84.0 Å². The highest BCUT2D eigenvalue weighted by Gasteiger charge is 2.20. The maximum atomic E-state index is 15.2. The summed E-state index contributed by atoms with van der Waals surface area (Å²) in [4.78, 5) is 0. The van der Waals surface area contributed by atoms with Crippen molar-refractivity contribution in [1.29, 1.82) is 5.26 Å². The first-order valence-corrected chi connectivity index (χ1v) is 14.1. The fourth-order valence-corrected chi connectivity index (χ4v) is 5.70. The molecule has 4 rings (SSSR count). The Balaban J connectivity index is 1.33. The number of hydrogen-bond acceptors (Lipinski definition) is 1. The number of fused-ring (bicyclic) bond motifs is 1. The minimum atomic E-state index is -0.978. The Hall–Kier alpha value is -3.24. The van der Waals surface area contributed by atoms with Gasteiger partial charge in [0.15, 0.2) is 0 Å². The zero-order chi connectivity index (χ0) is 26.9. The number of halogens is 3. The first kappa shape index (κ1) is 27.8. The van der Waals surface area contributed by atoms with Crippen molar-refractivity contribution < 1.29 is 13.2 Å². The molecule has 0 spiro atoms. The van der Waals surface area contributed by atoms with Gasteiger partial charge in [-0.15, -0.1) is 0 Å². The molecule has 1 saturated carbocycles. The Morgan fingerprint density at radius 2 is 1.47 bits per heavy atom. The molecule has 1 nitrogen and oxygen atoms in total. The van der Waals surface area contributed by atoms with E-state index in [-0.39, 0.29) is 11.1 Å². The summed E-state index contributed by atoms with van der Waals surface area (Å²) in [7, 11) is 0. The van der Waals surface area contributed by atoms with Crippen LogP contribution in [-0.2, 0) is 6.42 Å². The monoisotopic (exact) mass is 515 g/mol. The van der Waals surface area contributed by atoms with Gasteiger partial charge in [0.1, 0.15) is 29.1 Å². The van der Waals surface area contributed by atoms with Gasteiger partial charge in [0.05, 0.1) is 5.56 Å². The molecular formula is C34H36F3N. The van der Waals surface area contributed by atoms with E-state index in [2.05, 4.69) is 24.8 Å². The summed E-state index contributed by atoms with van der Waals surface area (Å²) in [6, 6.07) is 12.8. The summed E-state index contributed by atoms with van der Waals surface area (Å²) in [5.74, 6) is 4.60. The summed E-state index contributed by atoms with van der Waals surface area (Å²) >= 11 is 0. The fraction of sp³-hybridized carbons (Fsp3) is 0.441. The molecule has 3 aromatic rings. The van der Waals surface area contributed by atoms with E-state index < -0.39 is 23.0 Å². The van der Waals surface area contributed by atoms with Crippen LogP contribution in [0.4, 0.5) is 13.2 Å². The second-order valence-electron chi connectivity index (χ2n) is 10.8. The molecule has 0 saturated heterocycles. The van der Waals surface area contributed by atoms with E-state index in [9.17, 15) is 8.78 Å².